The second-order valence-electron chi connectivity index (χ2n) is 6.86. The highest BCUT2D eigenvalue weighted by atomic mass is 35.5. The number of hydrogen-bond acceptors (Lipinski definition) is 5. The normalized spacial score (nSPS) is 11.7. The summed E-state index contributed by atoms with van der Waals surface area (Å²) in [4.78, 5) is 33.5. The van der Waals surface area contributed by atoms with E-state index in [0.717, 1.165) is 0 Å². The van der Waals surface area contributed by atoms with Gasteiger partial charge in [0.2, 0.25) is 5.91 Å². The van der Waals surface area contributed by atoms with Crippen LogP contribution < -0.4 is 5.56 Å². The number of para-hydroxylation sites is 1. The maximum atomic E-state index is 12.8. The van der Waals surface area contributed by atoms with Crippen molar-refractivity contribution in [3.63, 3.8) is 0 Å². The van der Waals surface area contributed by atoms with Crippen LogP contribution in [0.1, 0.15) is 19.7 Å². The summed E-state index contributed by atoms with van der Waals surface area (Å²) in [6.07, 6.45) is 0. The van der Waals surface area contributed by atoms with E-state index in [-0.39, 0.29) is 23.0 Å². The second-order valence-corrected chi connectivity index (χ2v) is 9.28. The zero-order valence-electron chi connectivity index (χ0n) is 15.9. The van der Waals surface area contributed by atoms with Crippen molar-refractivity contribution >= 4 is 38.2 Å². The number of rotatable bonds is 6. The molecule has 3 rings (SSSR count). The van der Waals surface area contributed by atoms with Crippen LogP contribution in [0.25, 0.3) is 10.9 Å². The lowest BCUT2D eigenvalue weighted by Gasteiger charge is -2.26. The van der Waals surface area contributed by atoms with Gasteiger partial charge in [-0.15, -0.1) is 0 Å². The highest BCUT2D eigenvalue weighted by molar-refractivity contribution is 7.92. The molecule has 0 aliphatic heterocycles. The number of amides is 1. The fourth-order valence-corrected chi connectivity index (χ4v) is 4.23. The Bertz CT molecular complexity index is 1200. The molecule has 0 aliphatic carbocycles. The molecule has 1 heterocycles. The highest BCUT2D eigenvalue weighted by Crippen LogP contribution is 2.17. The van der Waals surface area contributed by atoms with Crippen molar-refractivity contribution in [2.24, 2.45) is 0 Å². The van der Waals surface area contributed by atoms with E-state index in [1.807, 2.05) is 0 Å². The number of aromatic nitrogens is 2. The molecule has 3 aromatic rings. The lowest BCUT2D eigenvalue weighted by molar-refractivity contribution is -0.130. The van der Waals surface area contributed by atoms with Gasteiger partial charge in [-0.25, -0.2) is 13.4 Å². The number of sulfone groups is 1. The number of H-pyrrole nitrogens is 1. The van der Waals surface area contributed by atoms with Gasteiger partial charge in [0.1, 0.15) is 11.6 Å². The van der Waals surface area contributed by atoms with Gasteiger partial charge in [-0.3, -0.25) is 9.59 Å². The van der Waals surface area contributed by atoms with Crippen molar-refractivity contribution in [2.45, 2.75) is 31.3 Å². The number of nitrogens with one attached hydrogen (secondary N) is 1. The quantitative estimate of drug-likeness (QED) is 0.644. The fourth-order valence-electron chi connectivity index (χ4n) is 2.90. The van der Waals surface area contributed by atoms with Gasteiger partial charge in [-0.05, 0) is 50.2 Å². The monoisotopic (exact) mass is 433 g/mol. The summed E-state index contributed by atoms with van der Waals surface area (Å²) < 4.78 is 25.2. The molecule has 0 fully saturated rings. The van der Waals surface area contributed by atoms with Crippen LogP contribution in [0, 0.1) is 0 Å². The predicted molar refractivity (Wildman–Crippen MR) is 112 cm³/mol. The molecule has 0 saturated carbocycles. The van der Waals surface area contributed by atoms with Crippen LogP contribution in [-0.4, -0.2) is 41.0 Å². The third-order valence-corrected chi connectivity index (χ3v) is 6.28. The Morgan fingerprint density at radius 1 is 1.14 bits per heavy atom. The average molecular weight is 434 g/mol. The van der Waals surface area contributed by atoms with Crippen LogP contribution in [0.5, 0.6) is 0 Å². The number of carbonyl (C=O) groups excluding carboxylic acids is 1. The minimum absolute atomic E-state index is 0.00723. The van der Waals surface area contributed by atoms with Gasteiger partial charge in [0.15, 0.2) is 9.84 Å². The van der Waals surface area contributed by atoms with Gasteiger partial charge in [-0.1, -0.05) is 23.7 Å². The molecule has 0 unspecified atom stereocenters. The van der Waals surface area contributed by atoms with Crippen molar-refractivity contribution < 1.29 is 13.2 Å². The van der Waals surface area contributed by atoms with E-state index in [1.54, 1.807) is 38.1 Å². The average Bonchev–Trinajstić information content (AvgIpc) is 2.66. The first-order valence-corrected chi connectivity index (χ1v) is 11.0. The Kier molecular flexibility index (Phi) is 6.04. The van der Waals surface area contributed by atoms with Crippen molar-refractivity contribution in [2.75, 3.05) is 5.75 Å². The van der Waals surface area contributed by atoms with E-state index >= 15 is 0 Å². The van der Waals surface area contributed by atoms with Crippen molar-refractivity contribution in [3.8, 4) is 0 Å². The summed E-state index contributed by atoms with van der Waals surface area (Å²) in [7, 11) is -3.83. The number of aromatic amines is 1. The van der Waals surface area contributed by atoms with E-state index in [0.29, 0.717) is 21.7 Å². The molecule has 0 aliphatic rings. The predicted octanol–water partition coefficient (Wildman–Crippen LogP) is 2.79. The van der Waals surface area contributed by atoms with Gasteiger partial charge >= 0.3 is 0 Å². The number of benzene rings is 2. The van der Waals surface area contributed by atoms with Crippen molar-refractivity contribution in [1.29, 1.82) is 0 Å². The third kappa shape index (κ3) is 4.83. The van der Waals surface area contributed by atoms with Crippen LogP contribution in [-0.2, 0) is 21.2 Å². The Hall–Kier alpha value is -2.71. The molecule has 0 spiro atoms. The maximum Gasteiger partial charge on any atom is 0.258 e. The van der Waals surface area contributed by atoms with E-state index in [9.17, 15) is 18.0 Å². The molecule has 1 aromatic heterocycles. The van der Waals surface area contributed by atoms with Crippen LogP contribution in [0.3, 0.4) is 0 Å². The summed E-state index contributed by atoms with van der Waals surface area (Å²) in [6.45, 7) is 3.53. The van der Waals surface area contributed by atoms with E-state index < -0.39 is 21.5 Å². The molecule has 29 heavy (non-hydrogen) atoms. The molecular formula is C20H20ClN3O4S. The zero-order chi connectivity index (χ0) is 21.2. The number of fused-ring (bicyclic) bond motifs is 1. The molecule has 152 valence electrons. The highest BCUT2D eigenvalue weighted by Gasteiger charge is 2.26. The lowest BCUT2D eigenvalue weighted by atomic mass is 10.2. The standard InChI is InChI=1S/C20H20ClN3O4S/c1-13(2)24(11-18-22-17-6-4-3-5-16(17)20(26)23-18)19(25)12-29(27,28)15-9-7-14(21)8-10-15/h3-10,13H,11-12H2,1-2H3,(H,22,23,26). The topological polar surface area (TPSA) is 100 Å². The summed E-state index contributed by atoms with van der Waals surface area (Å²) in [5.41, 5.74) is 0.201. The molecule has 0 saturated heterocycles. The number of nitrogens with zero attached hydrogens (tertiary/aromatic N) is 2. The van der Waals surface area contributed by atoms with Crippen LogP contribution >= 0.6 is 11.6 Å². The summed E-state index contributed by atoms with van der Waals surface area (Å²) in [5.74, 6) is -0.977. The van der Waals surface area contributed by atoms with Crippen LogP contribution in [0.2, 0.25) is 5.02 Å². The van der Waals surface area contributed by atoms with E-state index in [2.05, 4.69) is 9.97 Å². The number of carbonyl (C=O) groups is 1. The smallest absolute Gasteiger partial charge is 0.258 e. The molecular weight excluding hydrogens is 414 g/mol. The van der Waals surface area contributed by atoms with Gasteiger partial charge in [-0.2, -0.15) is 0 Å². The van der Waals surface area contributed by atoms with Gasteiger partial charge < -0.3 is 9.88 Å². The van der Waals surface area contributed by atoms with Gasteiger partial charge in [0.05, 0.1) is 22.3 Å². The zero-order valence-corrected chi connectivity index (χ0v) is 17.5. The first kappa shape index (κ1) is 21.0. The molecule has 2 aromatic carbocycles. The minimum atomic E-state index is -3.83. The molecule has 1 amide bonds. The summed E-state index contributed by atoms with van der Waals surface area (Å²) >= 11 is 5.80. The minimum Gasteiger partial charge on any atom is -0.332 e. The SMILES string of the molecule is CC(C)N(Cc1nc2ccccc2c(=O)[nH]1)C(=O)CS(=O)(=O)c1ccc(Cl)cc1. The fraction of sp³-hybridized carbons (Fsp3) is 0.250. The first-order chi connectivity index (χ1) is 13.7. The molecule has 1 N–H and O–H groups in total. The largest absolute Gasteiger partial charge is 0.332 e. The third-order valence-electron chi connectivity index (χ3n) is 4.41. The van der Waals surface area contributed by atoms with Crippen LogP contribution in [0.15, 0.2) is 58.2 Å². The first-order valence-electron chi connectivity index (χ1n) is 8.93. The lowest BCUT2D eigenvalue weighted by Crippen LogP contribution is -2.40. The van der Waals surface area contributed by atoms with E-state index in [1.165, 1.54) is 29.2 Å². The van der Waals surface area contributed by atoms with Crippen molar-refractivity contribution in [1.82, 2.24) is 14.9 Å². The molecule has 0 radical (unpaired) electrons. The Morgan fingerprint density at radius 3 is 2.45 bits per heavy atom. The molecule has 0 bridgehead atoms. The molecule has 7 nitrogen and oxygen atoms in total. The van der Waals surface area contributed by atoms with Gasteiger partial charge in [0.25, 0.3) is 5.56 Å². The van der Waals surface area contributed by atoms with Gasteiger partial charge in [0, 0.05) is 11.1 Å². The number of halogens is 1. The van der Waals surface area contributed by atoms with E-state index in [4.69, 9.17) is 11.6 Å². The summed E-state index contributed by atoms with van der Waals surface area (Å²) in [5, 5.41) is 0.856. The van der Waals surface area contributed by atoms with Crippen LogP contribution in [0.4, 0.5) is 0 Å². The van der Waals surface area contributed by atoms with Crippen molar-refractivity contribution in [3.05, 3.63) is 69.7 Å². The Morgan fingerprint density at radius 2 is 1.79 bits per heavy atom. The molecule has 0 atom stereocenters. The molecule has 9 heteroatoms. The second kappa shape index (κ2) is 8.34. The summed E-state index contributed by atoms with van der Waals surface area (Å²) in [6, 6.07) is 12.2. The maximum absolute atomic E-state index is 12.8. The number of hydrogen-bond donors (Lipinski definition) is 1. The Balaban J connectivity index is 1.85. The Labute approximate surface area is 173 Å².